The second-order valence-corrected chi connectivity index (χ2v) is 8.06. The summed E-state index contributed by atoms with van der Waals surface area (Å²) in [4.78, 5) is 35.8. The number of nitrogens with two attached hydrogens (primary N) is 1. The Balaban J connectivity index is 1.64. The summed E-state index contributed by atoms with van der Waals surface area (Å²) >= 11 is 0. The molecule has 33 heavy (non-hydrogen) atoms. The van der Waals surface area contributed by atoms with Gasteiger partial charge in [-0.25, -0.2) is 16.3 Å². The number of hydrazine groups is 2. The van der Waals surface area contributed by atoms with Gasteiger partial charge in [-0.05, 0) is 31.0 Å². The minimum atomic E-state index is -3.58. The molecule has 4 rings (SSSR count). The van der Waals surface area contributed by atoms with E-state index in [0.717, 1.165) is 30.6 Å². The van der Waals surface area contributed by atoms with E-state index in [0.29, 0.717) is 10.9 Å². The molecule has 0 saturated heterocycles. The summed E-state index contributed by atoms with van der Waals surface area (Å²) in [7, 11) is 2.75. The van der Waals surface area contributed by atoms with E-state index in [-0.39, 0.29) is 29.1 Å². The zero-order chi connectivity index (χ0) is 23.8. The minimum Gasteiger partial charge on any atom is -0.497 e. The molecule has 3 N–H and O–H groups in total. The summed E-state index contributed by atoms with van der Waals surface area (Å²) < 4.78 is 34.4. The third-order valence-corrected chi connectivity index (χ3v) is 5.89. The van der Waals surface area contributed by atoms with Gasteiger partial charge in [-0.15, -0.1) is 0 Å². The predicted octanol–water partition coefficient (Wildman–Crippen LogP) is 2.19. The van der Waals surface area contributed by atoms with E-state index < -0.39 is 24.3 Å². The number of aromatic nitrogens is 2. The highest BCUT2D eigenvalue weighted by molar-refractivity contribution is 6.02. The number of carbonyl (C=O) groups excluding carboxylic acids is 2. The first-order valence-electron chi connectivity index (χ1n) is 10.5. The number of benzene rings is 1. The van der Waals surface area contributed by atoms with Gasteiger partial charge in [0.25, 0.3) is 11.8 Å². The van der Waals surface area contributed by atoms with Crippen molar-refractivity contribution in [2.24, 2.45) is 5.84 Å². The third-order valence-electron chi connectivity index (χ3n) is 5.89. The molecule has 10 nitrogen and oxygen atoms in total. The predicted molar refractivity (Wildman–Crippen MR) is 117 cm³/mol. The van der Waals surface area contributed by atoms with Crippen LogP contribution in [0.25, 0.3) is 0 Å². The van der Waals surface area contributed by atoms with Crippen LogP contribution in [0.5, 0.6) is 5.75 Å². The van der Waals surface area contributed by atoms with Gasteiger partial charge in [0.15, 0.2) is 5.82 Å². The first-order valence-corrected chi connectivity index (χ1v) is 10.5. The third kappa shape index (κ3) is 4.38. The standard InChI is InChI=1S/C21H25F2N7O3/c1-28-16-11-25-20(27-30(24)18(31)13-6-5-9-15(10-13)33-2)26-17(16)29(14-7-3-4-8-14)12-21(22,23)19(28)32/h5-6,9-11,14H,3-4,7-8,12,24H2,1-2H3,(H,25,26,27). The summed E-state index contributed by atoms with van der Waals surface area (Å²) in [6.45, 7) is -0.778. The second-order valence-electron chi connectivity index (χ2n) is 8.06. The van der Waals surface area contributed by atoms with Crippen molar-refractivity contribution in [2.75, 3.05) is 35.9 Å². The van der Waals surface area contributed by atoms with E-state index in [1.165, 1.54) is 31.3 Å². The van der Waals surface area contributed by atoms with Crippen molar-refractivity contribution < 1.29 is 23.1 Å². The van der Waals surface area contributed by atoms with E-state index >= 15 is 0 Å². The fourth-order valence-corrected chi connectivity index (χ4v) is 4.15. The zero-order valence-electron chi connectivity index (χ0n) is 18.3. The molecular weight excluding hydrogens is 436 g/mol. The van der Waals surface area contributed by atoms with E-state index in [4.69, 9.17) is 10.6 Å². The Bertz CT molecular complexity index is 1060. The first kappa shape index (κ1) is 22.6. The Morgan fingerprint density at radius 2 is 2.06 bits per heavy atom. The van der Waals surface area contributed by atoms with Crippen LogP contribution >= 0.6 is 0 Å². The van der Waals surface area contributed by atoms with Crippen molar-refractivity contribution in [2.45, 2.75) is 37.6 Å². The van der Waals surface area contributed by atoms with Gasteiger partial charge in [0.05, 0.1) is 19.9 Å². The van der Waals surface area contributed by atoms with Crippen molar-refractivity contribution >= 4 is 29.3 Å². The SMILES string of the molecule is COc1cccc(C(=O)N(N)Nc2ncc3c(n2)N(C2CCCC2)CC(F)(F)C(=O)N3C)c1. The quantitative estimate of drug-likeness (QED) is 0.395. The molecular formula is C21H25F2N7O3. The highest BCUT2D eigenvalue weighted by atomic mass is 19.3. The molecule has 2 heterocycles. The van der Waals surface area contributed by atoms with Gasteiger partial charge in [0.1, 0.15) is 11.4 Å². The summed E-state index contributed by atoms with van der Waals surface area (Å²) in [6.07, 6.45) is 4.53. The maximum absolute atomic E-state index is 14.7. The first-order chi connectivity index (χ1) is 15.7. The van der Waals surface area contributed by atoms with Crippen LogP contribution in [-0.2, 0) is 4.79 Å². The number of nitrogens with zero attached hydrogens (tertiary/aromatic N) is 5. The van der Waals surface area contributed by atoms with Gasteiger partial charge in [0, 0.05) is 18.7 Å². The highest BCUT2D eigenvalue weighted by Crippen LogP contribution is 2.39. The molecule has 1 aromatic heterocycles. The molecule has 176 valence electrons. The number of carbonyl (C=O) groups is 2. The Hall–Kier alpha value is -3.54. The Morgan fingerprint density at radius 1 is 1.33 bits per heavy atom. The molecule has 2 aliphatic rings. The van der Waals surface area contributed by atoms with Gasteiger partial charge in [-0.2, -0.15) is 18.9 Å². The molecule has 1 aliphatic carbocycles. The van der Waals surface area contributed by atoms with Crippen LogP contribution < -0.4 is 25.8 Å². The molecule has 2 aromatic rings. The van der Waals surface area contributed by atoms with Crippen LogP contribution in [0.4, 0.5) is 26.2 Å². The average molecular weight is 461 g/mol. The van der Waals surface area contributed by atoms with Gasteiger partial charge >= 0.3 is 5.92 Å². The maximum atomic E-state index is 14.7. The number of anilines is 3. The molecule has 0 spiro atoms. The number of rotatable bonds is 5. The average Bonchev–Trinajstić information content (AvgIpc) is 3.33. The normalized spacial score (nSPS) is 18.0. The monoisotopic (exact) mass is 461 g/mol. The summed E-state index contributed by atoms with van der Waals surface area (Å²) in [5, 5.41) is 0.705. The van der Waals surface area contributed by atoms with Gasteiger partial charge < -0.3 is 14.5 Å². The van der Waals surface area contributed by atoms with Crippen molar-refractivity contribution in [3.63, 3.8) is 0 Å². The lowest BCUT2D eigenvalue weighted by Crippen LogP contribution is -2.48. The molecule has 1 aliphatic heterocycles. The number of methoxy groups -OCH3 is 1. The number of ether oxygens (including phenoxy) is 1. The van der Waals surface area contributed by atoms with Crippen molar-refractivity contribution in [3.05, 3.63) is 36.0 Å². The maximum Gasteiger partial charge on any atom is 0.342 e. The molecule has 0 atom stereocenters. The number of nitrogens with one attached hydrogen (secondary N) is 1. The van der Waals surface area contributed by atoms with Crippen molar-refractivity contribution in [1.29, 1.82) is 0 Å². The molecule has 0 bridgehead atoms. The van der Waals surface area contributed by atoms with E-state index in [2.05, 4.69) is 15.4 Å². The largest absolute Gasteiger partial charge is 0.497 e. The summed E-state index contributed by atoms with van der Waals surface area (Å²) in [6, 6.07) is 6.24. The number of amides is 2. The zero-order valence-corrected chi connectivity index (χ0v) is 18.3. The molecule has 1 aromatic carbocycles. The van der Waals surface area contributed by atoms with E-state index in [1.54, 1.807) is 18.2 Å². The van der Waals surface area contributed by atoms with Crippen LogP contribution in [0, 0.1) is 0 Å². The van der Waals surface area contributed by atoms with Crippen LogP contribution in [-0.4, -0.2) is 59.6 Å². The van der Waals surface area contributed by atoms with E-state index in [1.807, 2.05) is 0 Å². The van der Waals surface area contributed by atoms with Crippen molar-refractivity contribution in [3.8, 4) is 5.75 Å². The fraction of sp³-hybridized carbons (Fsp3) is 0.429. The van der Waals surface area contributed by atoms with Gasteiger partial charge in [0.2, 0.25) is 5.95 Å². The number of halogens is 2. The topological polar surface area (TPSA) is 117 Å². The Labute approximate surface area is 189 Å². The minimum absolute atomic E-state index is 0.0680. The summed E-state index contributed by atoms with van der Waals surface area (Å²) in [5.41, 5.74) is 3.01. The summed E-state index contributed by atoms with van der Waals surface area (Å²) in [5.74, 6) is 1.01. The fourth-order valence-electron chi connectivity index (χ4n) is 4.15. The molecule has 12 heteroatoms. The molecule has 1 saturated carbocycles. The molecule has 0 radical (unpaired) electrons. The highest BCUT2D eigenvalue weighted by Gasteiger charge is 2.48. The molecule has 0 unspecified atom stereocenters. The van der Waals surface area contributed by atoms with Crippen LogP contribution in [0.1, 0.15) is 36.0 Å². The lowest BCUT2D eigenvalue weighted by molar-refractivity contribution is -0.140. The number of hydrogen-bond donors (Lipinski definition) is 2. The lowest BCUT2D eigenvalue weighted by atomic mass is 10.2. The van der Waals surface area contributed by atoms with Gasteiger partial charge in [-0.3, -0.25) is 9.59 Å². The second kappa shape index (κ2) is 8.77. The molecule has 1 fully saturated rings. The van der Waals surface area contributed by atoms with Crippen LogP contribution in [0.2, 0.25) is 0 Å². The van der Waals surface area contributed by atoms with Gasteiger partial charge in [-0.1, -0.05) is 18.9 Å². The molecule has 2 amide bonds. The Kier molecular flexibility index (Phi) is 6.02. The Morgan fingerprint density at radius 3 is 2.76 bits per heavy atom. The van der Waals surface area contributed by atoms with Crippen molar-refractivity contribution in [1.82, 2.24) is 15.1 Å². The van der Waals surface area contributed by atoms with E-state index in [9.17, 15) is 18.4 Å². The van der Waals surface area contributed by atoms with Crippen LogP contribution in [0.15, 0.2) is 30.5 Å². The van der Waals surface area contributed by atoms with Crippen LogP contribution in [0.3, 0.4) is 0 Å². The number of hydrogen-bond acceptors (Lipinski definition) is 8. The number of alkyl halides is 2. The smallest absolute Gasteiger partial charge is 0.342 e. The number of fused-ring (bicyclic) bond motifs is 1. The lowest BCUT2D eigenvalue weighted by Gasteiger charge is -2.31.